The maximum absolute atomic E-state index is 12.8. The van der Waals surface area contributed by atoms with Gasteiger partial charge in [0.05, 0.1) is 23.2 Å². The first-order valence-corrected chi connectivity index (χ1v) is 15.6. The highest BCUT2D eigenvalue weighted by molar-refractivity contribution is 6.07. The molecule has 0 saturated carbocycles. The summed E-state index contributed by atoms with van der Waals surface area (Å²) in [6, 6.07) is 13.3. The van der Waals surface area contributed by atoms with Crippen molar-refractivity contribution in [2.24, 2.45) is 0 Å². The summed E-state index contributed by atoms with van der Waals surface area (Å²) in [6.45, 7) is 14.7. The molecule has 1 aromatic heterocycles. The summed E-state index contributed by atoms with van der Waals surface area (Å²) in [5.74, 6) is -0.386. The number of aryl methyl sites for hydroxylation is 1. The van der Waals surface area contributed by atoms with Gasteiger partial charge in [-0.1, -0.05) is 18.2 Å². The number of rotatable bonds is 8. The molecular weight excluding hydrogens is 612 g/mol. The first kappa shape index (κ1) is 37.4. The predicted octanol–water partition coefficient (Wildman–Crippen LogP) is 5.99. The number of carbonyl (C=O) groups is 4. The van der Waals surface area contributed by atoms with Crippen molar-refractivity contribution in [3.05, 3.63) is 88.9 Å². The molecule has 2 aromatic carbocycles. The molecule has 3 N–H and O–H groups in total. The maximum atomic E-state index is 12.8. The fourth-order valence-corrected chi connectivity index (χ4v) is 4.21. The van der Waals surface area contributed by atoms with Gasteiger partial charge >= 0.3 is 6.09 Å². The van der Waals surface area contributed by atoms with Gasteiger partial charge in [0.15, 0.2) is 5.82 Å². The molecule has 2 heterocycles. The number of benzene rings is 2. The van der Waals surface area contributed by atoms with Crippen LogP contribution in [0.4, 0.5) is 16.3 Å². The molecule has 0 bridgehead atoms. The van der Waals surface area contributed by atoms with Gasteiger partial charge in [-0.15, -0.1) is 0 Å². The van der Waals surface area contributed by atoms with Gasteiger partial charge in [-0.3, -0.25) is 19.4 Å². The first-order valence-electron chi connectivity index (χ1n) is 15.6. The average molecular weight is 659 g/mol. The van der Waals surface area contributed by atoms with Crippen molar-refractivity contribution in [3.63, 3.8) is 0 Å². The highest BCUT2D eigenvalue weighted by atomic mass is 16.6. The first-order chi connectivity index (χ1) is 22.6. The molecule has 0 radical (unpaired) electrons. The van der Waals surface area contributed by atoms with Crippen molar-refractivity contribution in [2.45, 2.75) is 72.6 Å². The Kier molecular flexibility index (Phi) is 13.0. The van der Waals surface area contributed by atoms with Gasteiger partial charge in [-0.05, 0) is 102 Å². The van der Waals surface area contributed by atoms with E-state index in [9.17, 15) is 19.2 Å². The van der Waals surface area contributed by atoms with E-state index in [4.69, 9.17) is 9.47 Å². The zero-order chi connectivity index (χ0) is 35.5. The summed E-state index contributed by atoms with van der Waals surface area (Å²) >= 11 is 0. The number of anilines is 2. The lowest BCUT2D eigenvalue weighted by atomic mass is 10.0. The molecule has 4 rings (SSSR count). The number of carbonyl (C=O) groups excluding carboxylic acids is 4. The monoisotopic (exact) mass is 658 g/mol. The van der Waals surface area contributed by atoms with Crippen LogP contribution in [0.1, 0.15) is 85.6 Å². The lowest BCUT2D eigenvalue weighted by Gasteiger charge is -2.22. The van der Waals surface area contributed by atoms with Gasteiger partial charge in [0, 0.05) is 43.6 Å². The Morgan fingerprint density at radius 3 is 1.96 bits per heavy atom. The van der Waals surface area contributed by atoms with E-state index >= 15 is 0 Å². The van der Waals surface area contributed by atoms with Crippen LogP contribution in [-0.4, -0.2) is 70.6 Å². The van der Waals surface area contributed by atoms with E-state index in [1.807, 2.05) is 33.8 Å². The van der Waals surface area contributed by atoms with E-state index in [-0.39, 0.29) is 17.4 Å². The molecule has 0 saturated heterocycles. The topological polar surface area (TPSA) is 152 Å². The zero-order valence-corrected chi connectivity index (χ0v) is 29.0. The van der Waals surface area contributed by atoms with Gasteiger partial charge in [0.2, 0.25) is 6.41 Å². The summed E-state index contributed by atoms with van der Waals surface area (Å²) in [7, 11) is 1.71. The van der Waals surface area contributed by atoms with Crippen LogP contribution in [-0.2, 0) is 20.8 Å². The van der Waals surface area contributed by atoms with Crippen molar-refractivity contribution in [2.75, 3.05) is 30.8 Å². The molecule has 0 spiro atoms. The van der Waals surface area contributed by atoms with Crippen LogP contribution in [0.15, 0.2) is 60.8 Å². The van der Waals surface area contributed by atoms with E-state index in [0.717, 1.165) is 23.2 Å². The quantitative estimate of drug-likeness (QED) is 0.250. The summed E-state index contributed by atoms with van der Waals surface area (Å²) in [6.07, 6.45) is 4.50. The van der Waals surface area contributed by atoms with E-state index < -0.39 is 11.7 Å². The fourth-order valence-electron chi connectivity index (χ4n) is 4.21. The Labute approximate surface area is 282 Å². The second-order valence-electron chi connectivity index (χ2n) is 13.1. The molecule has 48 heavy (non-hydrogen) atoms. The van der Waals surface area contributed by atoms with Crippen LogP contribution in [0.5, 0.6) is 0 Å². The Morgan fingerprint density at radius 2 is 1.48 bits per heavy atom. The van der Waals surface area contributed by atoms with Crippen LogP contribution in [0.3, 0.4) is 0 Å². The van der Waals surface area contributed by atoms with Crippen molar-refractivity contribution < 1.29 is 28.7 Å². The van der Waals surface area contributed by atoms with Crippen LogP contribution in [0, 0.1) is 6.92 Å². The molecule has 12 nitrogen and oxygen atoms in total. The SMILES string of the molecule is COC(C)(C)C.Cc1nc(NC(=O)c2ccc(C(=O)Nc3ccc(CNC(=O)OC(C)(C)C)cc3)cc2)cnc1C1=CCN(C=O)CC1. The Morgan fingerprint density at radius 1 is 0.896 bits per heavy atom. The van der Waals surface area contributed by atoms with E-state index in [1.54, 1.807) is 81.3 Å². The lowest BCUT2D eigenvalue weighted by Crippen LogP contribution is -2.32. The Balaban J connectivity index is 0.000000952. The molecular formula is C36H46N6O6. The fraction of sp³-hybridized carbons (Fsp3) is 0.389. The van der Waals surface area contributed by atoms with Crippen molar-refractivity contribution >= 4 is 41.4 Å². The van der Waals surface area contributed by atoms with Gasteiger partial charge in [-0.25, -0.2) is 9.78 Å². The highest BCUT2D eigenvalue weighted by Gasteiger charge is 2.17. The third-order valence-corrected chi connectivity index (χ3v) is 6.95. The third-order valence-electron chi connectivity index (χ3n) is 6.95. The van der Waals surface area contributed by atoms with E-state index in [1.165, 1.54) is 6.20 Å². The molecule has 0 unspecified atom stereocenters. The molecule has 0 fully saturated rings. The van der Waals surface area contributed by atoms with E-state index in [0.29, 0.717) is 54.4 Å². The highest BCUT2D eigenvalue weighted by Crippen LogP contribution is 2.23. The molecule has 1 aliphatic rings. The minimum Gasteiger partial charge on any atom is -0.444 e. The molecule has 1 aliphatic heterocycles. The number of methoxy groups -OCH3 is 1. The summed E-state index contributed by atoms with van der Waals surface area (Å²) < 4.78 is 10.2. The number of hydrogen-bond acceptors (Lipinski definition) is 8. The predicted molar refractivity (Wildman–Crippen MR) is 186 cm³/mol. The second-order valence-corrected chi connectivity index (χ2v) is 13.1. The third kappa shape index (κ3) is 12.3. The number of hydrogen-bond donors (Lipinski definition) is 3. The average Bonchev–Trinajstić information content (AvgIpc) is 3.04. The second kappa shape index (κ2) is 16.6. The zero-order valence-electron chi connectivity index (χ0n) is 29.0. The molecule has 256 valence electrons. The van der Waals surface area contributed by atoms with Gasteiger partial charge in [0.1, 0.15) is 5.60 Å². The number of nitrogens with one attached hydrogen (secondary N) is 3. The minimum absolute atomic E-state index is 0.0417. The summed E-state index contributed by atoms with van der Waals surface area (Å²) in [5.41, 5.74) is 4.11. The largest absolute Gasteiger partial charge is 0.444 e. The Bertz CT molecular complexity index is 1610. The van der Waals surface area contributed by atoms with Crippen molar-refractivity contribution in [1.29, 1.82) is 0 Å². The van der Waals surface area contributed by atoms with Gasteiger partial charge in [-0.2, -0.15) is 0 Å². The number of aromatic nitrogens is 2. The molecule has 0 aliphatic carbocycles. The number of alkyl carbamates (subject to hydrolysis) is 1. The summed E-state index contributed by atoms with van der Waals surface area (Å²) in [5, 5.41) is 8.26. The van der Waals surface area contributed by atoms with Crippen LogP contribution >= 0.6 is 0 Å². The summed E-state index contributed by atoms with van der Waals surface area (Å²) in [4.78, 5) is 58.9. The maximum Gasteiger partial charge on any atom is 0.407 e. The normalized spacial score (nSPS) is 12.9. The number of nitrogens with zero attached hydrogens (tertiary/aromatic N) is 3. The number of amides is 4. The Hall–Kier alpha value is -5.10. The van der Waals surface area contributed by atoms with Gasteiger partial charge < -0.3 is 30.3 Å². The van der Waals surface area contributed by atoms with Crippen LogP contribution in [0.2, 0.25) is 0 Å². The molecule has 4 amide bonds. The molecule has 12 heteroatoms. The van der Waals surface area contributed by atoms with Crippen molar-refractivity contribution in [1.82, 2.24) is 20.2 Å². The standard InChI is InChI=1S/C31H34N6O5.C5H12O/c1-20-27(22-13-15-37(19-38)16-14-22)32-18-26(34-20)36-29(40)24-9-7-23(8-10-24)28(39)35-25-11-5-21(6-12-25)17-33-30(41)42-31(2,3)4;1-5(2,3)6-4/h5-13,18-19H,14-17H2,1-4H3,(H,33,41)(H,35,39)(H,34,36,40);1-4H3. The molecule has 0 atom stereocenters. The van der Waals surface area contributed by atoms with Crippen LogP contribution < -0.4 is 16.0 Å². The minimum atomic E-state index is -0.573. The lowest BCUT2D eigenvalue weighted by molar-refractivity contribution is -0.117. The van der Waals surface area contributed by atoms with Gasteiger partial charge in [0.25, 0.3) is 11.8 Å². The van der Waals surface area contributed by atoms with Crippen LogP contribution in [0.25, 0.3) is 5.57 Å². The molecule has 3 aromatic rings. The number of ether oxygens (including phenoxy) is 2. The van der Waals surface area contributed by atoms with E-state index in [2.05, 4.69) is 25.9 Å². The smallest absolute Gasteiger partial charge is 0.407 e. The van der Waals surface area contributed by atoms with Crippen molar-refractivity contribution in [3.8, 4) is 0 Å².